The molecule has 0 saturated heterocycles. The zero-order chi connectivity index (χ0) is 18.8. The summed E-state index contributed by atoms with van der Waals surface area (Å²) in [6.07, 6.45) is 3.80. The molecule has 1 aromatic carbocycles. The number of benzene rings is 1. The number of hydrogen-bond acceptors (Lipinski definition) is 4. The van der Waals surface area contributed by atoms with Crippen LogP contribution in [-0.2, 0) is 7.05 Å². The molecule has 0 saturated carbocycles. The minimum absolute atomic E-state index is 0.116. The summed E-state index contributed by atoms with van der Waals surface area (Å²) in [4.78, 5) is 29.1. The average Bonchev–Trinajstić information content (AvgIpc) is 3.07. The molecular weight excluding hydrogens is 356 g/mol. The van der Waals surface area contributed by atoms with Gasteiger partial charge in [0.2, 0.25) is 5.65 Å². The first kappa shape index (κ1) is 18.2. The van der Waals surface area contributed by atoms with E-state index in [0.717, 1.165) is 0 Å². The highest BCUT2D eigenvalue weighted by atomic mass is 35.5. The van der Waals surface area contributed by atoms with Crippen molar-refractivity contribution in [1.82, 2.24) is 19.3 Å². The molecule has 0 radical (unpaired) electrons. The molecule has 0 spiro atoms. The van der Waals surface area contributed by atoms with Crippen molar-refractivity contribution in [1.29, 1.82) is 0 Å². The Morgan fingerprint density at radius 1 is 1.35 bits per heavy atom. The second kappa shape index (κ2) is 7.31. The second-order valence-corrected chi connectivity index (χ2v) is 6.38. The molecule has 0 aliphatic rings. The van der Waals surface area contributed by atoms with Gasteiger partial charge in [-0.05, 0) is 12.5 Å². The van der Waals surface area contributed by atoms with Gasteiger partial charge in [0.1, 0.15) is 5.69 Å². The Hall–Kier alpha value is -2.64. The van der Waals surface area contributed by atoms with E-state index in [4.69, 9.17) is 11.6 Å². The van der Waals surface area contributed by atoms with Crippen LogP contribution in [-0.4, -0.2) is 37.6 Å². The first-order valence-electron chi connectivity index (χ1n) is 8.21. The van der Waals surface area contributed by atoms with Crippen molar-refractivity contribution in [3.63, 3.8) is 0 Å². The van der Waals surface area contributed by atoms with Crippen LogP contribution in [0, 0.1) is 0 Å². The molecule has 1 amide bonds. The number of nitrogens with zero attached hydrogens (tertiary/aromatic N) is 3. The molecule has 8 heteroatoms. The van der Waals surface area contributed by atoms with Crippen molar-refractivity contribution in [2.24, 2.45) is 7.05 Å². The summed E-state index contributed by atoms with van der Waals surface area (Å²) in [6, 6.07) is 6.86. The zero-order valence-corrected chi connectivity index (χ0v) is 15.2. The maximum absolute atomic E-state index is 12.7. The lowest BCUT2D eigenvalue weighted by Gasteiger charge is -2.12. The fraction of sp³-hybridized carbons (Fsp3) is 0.278. The van der Waals surface area contributed by atoms with Crippen LogP contribution in [0.5, 0.6) is 0 Å². The van der Waals surface area contributed by atoms with Gasteiger partial charge >= 0.3 is 0 Å². The lowest BCUT2D eigenvalue weighted by molar-refractivity contribution is 0.0910. The normalized spacial score (nSPS) is 12.3. The topological polar surface area (TPSA) is 88.6 Å². The minimum Gasteiger partial charge on any atom is -0.394 e. The number of hydrogen-bond donors (Lipinski definition) is 2. The fourth-order valence-corrected chi connectivity index (χ4v) is 2.93. The van der Waals surface area contributed by atoms with E-state index < -0.39 is 5.91 Å². The Morgan fingerprint density at radius 2 is 2.08 bits per heavy atom. The Kier molecular flexibility index (Phi) is 5.11. The summed E-state index contributed by atoms with van der Waals surface area (Å²) in [5.74, 6) is -0.434. The third kappa shape index (κ3) is 3.23. The van der Waals surface area contributed by atoms with Gasteiger partial charge in [0, 0.05) is 30.0 Å². The highest BCUT2D eigenvalue weighted by Gasteiger charge is 2.18. The van der Waals surface area contributed by atoms with Gasteiger partial charge in [0.15, 0.2) is 0 Å². The SMILES string of the molecule is CC[C@@H](CO)NC(=O)c1cn2cc(-c3ccccc3Cl)n(C)c(=O)c2n1. The molecule has 3 aromatic rings. The molecule has 0 bridgehead atoms. The molecule has 26 heavy (non-hydrogen) atoms. The number of fused-ring (bicyclic) bond motifs is 1. The number of halogens is 1. The van der Waals surface area contributed by atoms with E-state index in [1.54, 1.807) is 19.3 Å². The maximum atomic E-state index is 12.7. The summed E-state index contributed by atoms with van der Waals surface area (Å²) >= 11 is 6.25. The number of aliphatic hydroxyl groups excluding tert-OH is 1. The molecule has 0 aliphatic heterocycles. The van der Waals surface area contributed by atoms with Crippen molar-refractivity contribution in [2.45, 2.75) is 19.4 Å². The van der Waals surface area contributed by atoms with Crippen LogP contribution in [0.4, 0.5) is 0 Å². The first-order chi connectivity index (χ1) is 12.5. The van der Waals surface area contributed by atoms with Crippen molar-refractivity contribution in [3.05, 3.63) is 57.7 Å². The third-order valence-corrected chi connectivity index (χ3v) is 4.61. The van der Waals surface area contributed by atoms with E-state index in [1.165, 1.54) is 15.2 Å². The van der Waals surface area contributed by atoms with Crippen LogP contribution in [0.25, 0.3) is 16.9 Å². The molecule has 0 aliphatic carbocycles. The predicted octanol–water partition coefficient (Wildman–Crippen LogP) is 1.85. The number of aromatic nitrogens is 3. The molecule has 7 nitrogen and oxygen atoms in total. The van der Waals surface area contributed by atoms with Crippen LogP contribution in [0.3, 0.4) is 0 Å². The average molecular weight is 375 g/mol. The number of rotatable bonds is 5. The van der Waals surface area contributed by atoms with Crippen molar-refractivity contribution in [3.8, 4) is 11.3 Å². The lowest BCUT2D eigenvalue weighted by atomic mass is 10.1. The summed E-state index contributed by atoms with van der Waals surface area (Å²) in [7, 11) is 1.63. The van der Waals surface area contributed by atoms with E-state index in [1.807, 2.05) is 25.1 Å². The van der Waals surface area contributed by atoms with E-state index in [0.29, 0.717) is 22.7 Å². The van der Waals surface area contributed by atoms with E-state index >= 15 is 0 Å². The standard InChI is InChI=1S/C18H19ClN4O3/c1-3-11(10-24)20-17(25)14-8-23-9-15(12-6-4-5-7-13(12)19)22(2)18(26)16(23)21-14/h4-9,11,24H,3,10H2,1-2H3,(H,20,25)/t11-/m0/s1. The molecule has 3 rings (SSSR count). The number of imidazole rings is 1. The highest BCUT2D eigenvalue weighted by Crippen LogP contribution is 2.26. The van der Waals surface area contributed by atoms with Gasteiger partial charge < -0.3 is 15.0 Å². The summed E-state index contributed by atoms with van der Waals surface area (Å²) in [6.45, 7) is 1.70. The first-order valence-corrected chi connectivity index (χ1v) is 8.59. The van der Waals surface area contributed by atoms with E-state index in [9.17, 15) is 14.7 Å². The van der Waals surface area contributed by atoms with Gasteiger partial charge in [-0.3, -0.25) is 14.0 Å². The molecule has 2 N–H and O–H groups in total. The smallest absolute Gasteiger partial charge is 0.294 e. The van der Waals surface area contributed by atoms with Gasteiger partial charge in [0.05, 0.1) is 18.3 Å². The predicted molar refractivity (Wildman–Crippen MR) is 99.5 cm³/mol. The van der Waals surface area contributed by atoms with Crippen molar-refractivity contribution >= 4 is 23.2 Å². The molecular formula is C18H19ClN4O3. The number of aliphatic hydroxyl groups is 1. The number of carbonyl (C=O) groups is 1. The molecule has 0 fully saturated rings. The number of carbonyl (C=O) groups excluding carboxylic acids is 1. The quantitative estimate of drug-likeness (QED) is 0.713. The van der Waals surface area contributed by atoms with Gasteiger partial charge in [-0.1, -0.05) is 36.7 Å². The van der Waals surface area contributed by atoms with Crippen LogP contribution >= 0.6 is 11.6 Å². The molecule has 2 aromatic heterocycles. The van der Waals surface area contributed by atoms with Crippen LogP contribution in [0.1, 0.15) is 23.8 Å². The van der Waals surface area contributed by atoms with Crippen molar-refractivity contribution < 1.29 is 9.90 Å². The number of amides is 1. The van der Waals surface area contributed by atoms with Crippen LogP contribution in [0.2, 0.25) is 5.02 Å². The Balaban J connectivity index is 2.08. The minimum atomic E-state index is -0.434. The Labute approximate surface area is 154 Å². The fourth-order valence-electron chi connectivity index (χ4n) is 2.69. The molecule has 136 valence electrons. The van der Waals surface area contributed by atoms with E-state index in [-0.39, 0.29) is 29.5 Å². The lowest BCUT2D eigenvalue weighted by Crippen LogP contribution is -2.37. The van der Waals surface area contributed by atoms with Gasteiger partial charge in [-0.15, -0.1) is 0 Å². The molecule has 1 atom stereocenters. The highest BCUT2D eigenvalue weighted by molar-refractivity contribution is 6.33. The second-order valence-electron chi connectivity index (χ2n) is 5.98. The summed E-state index contributed by atoms with van der Waals surface area (Å²) in [5, 5.41) is 12.4. The molecule has 0 unspecified atom stereocenters. The largest absolute Gasteiger partial charge is 0.394 e. The van der Waals surface area contributed by atoms with Crippen LogP contribution in [0.15, 0.2) is 41.5 Å². The van der Waals surface area contributed by atoms with Crippen LogP contribution < -0.4 is 10.9 Å². The Morgan fingerprint density at radius 3 is 2.73 bits per heavy atom. The number of nitrogens with one attached hydrogen (secondary N) is 1. The van der Waals surface area contributed by atoms with Gasteiger partial charge in [-0.25, -0.2) is 4.98 Å². The van der Waals surface area contributed by atoms with Crippen molar-refractivity contribution in [2.75, 3.05) is 6.61 Å². The monoisotopic (exact) mass is 374 g/mol. The van der Waals surface area contributed by atoms with Gasteiger partial charge in [0.25, 0.3) is 11.5 Å². The van der Waals surface area contributed by atoms with Gasteiger partial charge in [-0.2, -0.15) is 0 Å². The zero-order valence-electron chi connectivity index (χ0n) is 14.4. The Bertz CT molecular complexity index is 1020. The van der Waals surface area contributed by atoms with E-state index in [2.05, 4.69) is 10.3 Å². The maximum Gasteiger partial charge on any atom is 0.294 e. The summed E-state index contributed by atoms with van der Waals surface area (Å²) < 4.78 is 2.98. The third-order valence-electron chi connectivity index (χ3n) is 4.28. The summed E-state index contributed by atoms with van der Waals surface area (Å²) in [5.41, 5.74) is 1.24. The molecule has 2 heterocycles.